The van der Waals surface area contributed by atoms with E-state index in [9.17, 15) is 29.4 Å². The topological polar surface area (TPSA) is 157 Å². The first kappa shape index (κ1) is 37.4. The van der Waals surface area contributed by atoms with Crippen molar-refractivity contribution in [2.75, 3.05) is 6.54 Å². The van der Waals surface area contributed by atoms with Gasteiger partial charge in [0.15, 0.2) is 0 Å². The van der Waals surface area contributed by atoms with Gasteiger partial charge in [-0.2, -0.15) is 0 Å². The molecule has 0 aliphatic heterocycles. The third-order valence-electron chi connectivity index (χ3n) is 7.65. The number of rotatable bonds is 13. The summed E-state index contributed by atoms with van der Waals surface area (Å²) in [5.74, 6) is -0.925. The van der Waals surface area contributed by atoms with Crippen molar-refractivity contribution in [1.82, 2.24) is 20.9 Å². The van der Waals surface area contributed by atoms with Gasteiger partial charge in [0.25, 0.3) is 0 Å². The number of aryl methyl sites for hydroxylation is 2. The lowest BCUT2D eigenvalue weighted by molar-refractivity contribution is -0.128. The molecule has 0 aromatic heterocycles. The number of phenolic OH excluding ortho intramolecular Hbond substituents is 1. The number of hydrogen-bond acceptors (Lipinski definition) is 6. The monoisotopic (exact) mass is 660 g/mol. The number of nitrogens with one attached hydrogen (secondary N) is 3. The molecule has 258 valence electrons. The summed E-state index contributed by atoms with van der Waals surface area (Å²) in [5, 5.41) is 28.7. The fourth-order valence-corrected chi connectivity index (χ4v) is 5.32. The van der Waals surface area contributed by atoms with E-state index in [1.165, 1.54) is 0 Å². The molecular weight excluding hydrogens is 612 g/mol. The van der Waals surface area contributed by atoms with Crippen LogP contribution >= 0.6 is 0 Å². The summed E-state index contributed by atoms with van der Waals surface area (Å²) in [5.41, 5.74) is 2.02. The van der Waals surface area contributed by atoms with Crippen molar-refractivity contribution in [3.05, 3.63) is 101 Å². The zero-order chi connectivity index (χ0) is 35.6. The smallest absolute Gasteiger partial charge is 0.408 e. The van der Waals surface area contributed by atoms with Gasteiger partial charge in [-0.25, -0.2) is 9.59 Å². The van der Waals surface area contributed by atoms with Crippen LogP contribution in [-0.2, 0) is 33.7 Å². The van der Waals surface area contributed by atoms with E-state index in [2.05, 4.69) is 16.0 Å². The molecule has 0 radical (unpaired) electrons. The molecule has 5 N–H and O–H groups in total. The van der Waals surface area contributed by atoms with Crippen molar-refractivity contribution < 1.29 is 34.1 Å². The number of alkyl carbamates (subject to hydrolysis) is 1. The molecule has 0 saturated carbocycles. The zero-order valence-electron chi connectivity index (χ0n) is 28.8. The largest absolute Gasteiger partial charge is 0.508 e. The molecule has 0 unspecified atom stereocenters. The van der Waals surface area contributed by atoms with E-state index >= 15 is 0 Å². The Morgan fingerprint density at radius 3 is 1.88 bits per heavy atom. The van der Waals surface area contributed by atoms with Gasteiger partial charge in [-0.15, -0.1) is 0 Å². The van der Waals surface area contributed by atoms with Crippen LogP contribution in [0.5, 0.6) is 5.75 Å². The molecule has 4 amide bonds. The molecule has 0 heterocycles. The molecular formula is C37H48N4O7. The number of phenols is 1. The maximum atomic E-state index is 13.9. The van der Waals surface area contributed by atoms with E-state index in [1.54, 1.807) is 58.9 Å². The fourth-order valence-electron chi connectivity index (χ4n) is 5.32. The van der Waals surface area contributed by atoms with Crippen molar-refractivity contribution in [3.8, 4) is 5.75 Å². The SMILES string of the molecule is Cc1cc(O)cc(C)c1C[C@H](NC(=O)OC(C)(C)C)C(=O)NCC(C)(C)NC(=O)[C@H](Cc1ccccc1)N(Cc1ccccc1)C(=O)O. The van der Waals surface area contributed by atoms with Gasteiger partial charge in [0, 0.05) is 25.9 Å². The highest BCUT2D eigenvalue weighted by molar-refractivity contribution is 5.87. The number of aromatic hydroxyl groups is 1. The Labute approximate surface area is 282 Å². The minimum absolute atomic E-state index is 0.00632. The Hall–Kier alpha value is -5.06. The van der Waals surface area contributed by atoms with Gasteiger partial charge < -0.3 is 30.9 Å². The average molecular weight is 661 g/mol. The number of amides is 4. The highest BCUT2D eigenvalue weighted by Crippen LogP contribution is 2.23. The Balaban J connectivity index is 1.80. The summed E-state index contributed by atoms with van der Waals surface area (Å²) in [6.45, 7) is 12.2. The molecule has 0 spiro atoms. The number of hydrogen-bond donors (Lipinski definition) is 5. The number of carboxylic acid groups (broad SMARTS) is 1. The van der Waals surface area contributed by atoms with E-state index in [0.717, 1.165) is 32.7 Å². The van der Waals surface area contributed by atoms with Gasteiger partial charge in [-0.05, 0) is 88.4 Å². The molecule has 3 aromatic carbocycles. The van der Waals surface area contributed by atoms with Crippen LogP contribution in [0.3, 0.4) is 0 Å². The van der Waals surface area contributed by atoms with E-state index in [-0.39, 0.29) is 31.7 Å². The van der Waals surface area contributed by atoms with Crippen LogP contribution in [0, 0.1) is 13.8 Å². The molecule has 2 atom stereocenters. The lowest BCUT2D eigenvalue weighted by Gasteiger charge is -2.34. The normalized spacial score (nSPS) is 12.7. The molecule has 0 aliphatic rings. The number of carbonyl (C=O) groups excluding carboxylic acids is 3. The van der Waals surface area contributed by atoms with Gasteiger partial charge in [0.2, 0.25) is 11.8 Å². The van der Waals surface area contributed by atoms with Crippen molar-refractivity contribution in [3.63, 3.8) is 0 Å². The molecule has 0 aliphatic carbocycles. The summed E-state index contributed by atoms with van der Waals surface area (Å²) < 4.78 is 5.41. The van der Waals surface area contributed by atoms with E-state index < -0.39 is 47.2 Å². The quantitative estimate of drug-likeness (QED) is 0.168. The number of nitrogens with zero attached hydrogens (tertiary/aromatic N) is 1. The molecule has 11 nitrogen and oxygen atoms in total. The van der Waals surface area contributed by atoms with Crippen molar-refractivity contribution in [2.45, 2.75) is 91.1 Å². The van der Waals surface area contributed by atoms with Gasteiger partial charge in [-0.1, -0.05) is 60.7 Å². The Kier molecular flexibility index (Phi) is 12.6. The fraction of sp³-hybridized carbons (Fsp3) is 0.405. The minimum Gasteiger partial charge on any atom is -0.508 e. The maximum Gasteiger partial charge on any atom is 0.408 e. The number of ether oxygens (including phenoxy) is 1. The number of benzene rings is 3. The molecule has 11 heteroatoms. The lowest BCUT2D eigenvalue weighted by atomic mass is 9.95. The first-order valence-corrected chi connectivity index (χ1v) is 15.9. The molecule has 0 bridgehead atoms. The second-order valence-corrected chi connectivity index (χ2v) is 13.7. The van der Waals surface area contributed by atoms with Crippen LogP contribution in [0.1, 0.15) is 62.4 Å². The molecule has 3 rings (SSSR count). The highest BCUT2D eigenvalue weighted by atomic mass is 16.6. The second kappa shape index (κ2) is 16.2. The molecule has 0 saturated heterocycles. The Morgan fingerprint density at radius 2 is 1.35 bits per heavy atom. The first-order valence-electron chi connectivity index (χ1n) is 15.9. The third-order valence-corrected chi connectivity index (χ3v) is 7.65. The summed E-state index contributed by atoms with van der Waals surface area (Å²) in [6, 6.07) is 19.3. The summed E-state index contributed by atoms with van der Waals surface area (Å²) in [4.78, 5) is 53.9. The maximum absolute atomic E-state index is 13.9. The first-order chi connectivity index (χ1) is 22.4. The summed E-state index contributed by atoms with van der Waals surface area (Å²) in [6.07, 6.45) is -1.74. The molecule has 48 heavy (non-hydrogen) atoms. The number of carbonyl (C=O) groups is 4. The Bertz CT molecular complexity index is 1550. The van der Waals surface area contributed by atoms with Crippen LogP contribution < -0.4 is 16.0 Å². The molecule has 3 aromatic rings. The van der Waals surface area contributed by atoms with Crippen LogP contribution in [0.25, 0.3) is 0 Å². The lowest BCUT2D eigenvalue weighted by Crippen LogP contribution is -2.59. The van der Waals surface area contributed by atoms with Crippen molar-refractivity contribution in [1.29, 1.82) is 0 Å². The van der Waals surface area contributed by atoms with Crippen LogP contribution in [0.15, 0.2) is 72.8 Å². The summed E-state index contributed by atoms with van der Waals surface area (Å²) in [7, 11) is 0. The van der Waals surface area contributed by atoms with Crippen LogP contribution in [-0.4, -0.2) is 68.9 Å². The predicted molar refractivity (Wildman–Crippen MR) is 184 cm³/mol. The van der Waals surface area contributed by atoms with Gasteiger partial charge in [-0.3, -0.25) is 14.5 Å². The van der Waals surface area contributed by atoms with Gasteiger partial charge in [0.1, 0.15) is 23.4 Å². The van der Waals surface area contributed by atoms with Crippen LogP contribution in [0.4, 0.5) is 9.59 Å². The van der Waals surface area contributed by atoms with Crippen LogP contribution in [0.2, 0.25) is 0 Å². The van der Waals surface area contributed by atoms with Gasteiger partial charge >= 0.3 is 12.2 Å². The second-order valence-electron chi connectivity index (χ2n) is 13.7. The van der Waals surface area contributed by atoms with Crippen molar-refractivity contribution in [2.24, 2.45) is 0 Å². The minimum atomic E-state index is -1.24. The third kappa shape index (κ3) is 11.6. The Morgan fingerprint density at radius 1 is 0.812 bits per heavy atom. The highest BCUT2D eigenvalue weighted by Gasteiger charge is 2.34. The van der Waals surface area contributed by atoms with E-state index in [4.69, 9.17) is 4.74 Å². The summed E-state index contributed by atoms with van der Waals surface area (Å²) >= 11 is 0. The van der Waals surface area contributed by atoms with Gasteiger partial charge in [0.05, 0.1) is 5.54 Å². The average Bonchev–Trinajstić information content (AvgIpc) is 2.98. The zero-order valence-corrected chi connectivity index (χ0v) is 28.8. The van der Waals surface area contributed by atoms with E-state index in [0.29, 0.717) is 0 Å². The van der Waals surface area contributed by atoms with E-state index in [1.807, 2.05) is 62.4 Å². The predicted octanol–water partition coefficient (Wildman–Crippen LogP) is 5.25. The van der Waals surface area contributed by atoms with Crippen molar-refractivity contribution >= 4 is 24.0 Å². The molecule has 0 fully saturated rings. The standard InChI is InChI=1S/C37H48N4O7/c1-24-18-28(42)19-25(2)29(24)21-30(39-34(45)48-36(3,4)5)32(43)38-23-37(6,7)40-33(44)31(20-26-14-10-8-11-15-26)41(35(46)47)22-27-16-12-9-13-17-27/h8-19,30-31,42H,20-23H2,1-7H3,(H,38,43)(H,39,45)(H,40,44)(H,46,47)/t30-,31-/m0/s1.